The molecule has 1 aromatic heterocycles. The van der Waals surface area contributed by atoms with Gasteiger partial charge in [-0.2, -0.15) is 0 Å². The Labute approximate surface area is 104 Å². The molecule has 0 aromatic carbocycles. The van der Waals surface area contributed by atoms with Gasteiger partial charge in [0.2, 0.25) is 0 Å². The Bertz CT molecular complexity index is 307. The van der Waals surface area contributed by atoms with Crippen LogP contribution in [0.25, 0.3) is 0 Å². The van der Waals surface area contributed by atoms with Crippen LogP contribution in [0.1, 0.15) is 31.4 Å². The van der Waals surface area contributed by atoms with Gasteiger partial charge >= 0.3 is 0 Å². The summed E-state index contributed by atoms with van der Waals surface area (Å²) in [7, 11) is 0. The summed E-state index contributed by atoms with van der Waals surface area (Å²) in [5.74, 6) is 0. The van der Waals surface area contributed by atoms with Crippen molar-refractivity contribution in [3.8, 4) is 0 Å². The maximum Gasteiger partial charge on any atom is 0.0416 e. The van der Waals surface area contributed by atoms with Crippen LogP contribution >= 0.6 is 0 Å². The normalized spacial score (nSPS) is 16.8. The van der Waals surface area contributed by atoms with E-state index in [1.165, 1.54) is 31.4 Å². The van der Waals surface area contributed by atoms with Gasteiger partial charge in [0.25, 0.3) is 0 Å². The van der Waals surface area contributed by atoms with E-state index in [1.54, 1.807) is 0 Å². The molecule has 0 aliphatic heterocycles. The van der Waals surface area contributed by atoms with Gasteiger partial charge in [-0.15, -0.1) is 0 Å². The summed E-state index contributed by atoms with van der Waals surface area (Å²) in [6.45, 7) is 2.88. The molecule has 2 rings (SSSR count). The van der Waals surface area contributed by atoms with Crippen LogP contribution in [0.4, 0.5) is 0 Å². The predicted molar refractivity (Wildman–Crippen MR) is 70.8 cm³/mol. The van der Waals surface area contributed by atoms with Crippen molar-refractivity contribution in [3.05, 3.63) is 30.1 Å². The van der Waals surface area contributed by atoms with Crippen molar-refractivity contribution in [2.24, 2.45) is 5.73 Å². The van der Waals surface area contributed by atoms with E-state index in [-0.39, 0.29) is 0 Å². The number of nitrogens with zero attached hydrogens (tertiary/aromatic N) is 2. The molecule has 3 nitrogen and oxygen atoms in total. The highest BCUT2D eigenvalue weighted by molar-refractivity contribution is 5.03. The fraction of sp³-hybridized carbons (Fsp3) is 0.643. The number of hydrogen-bond donors (Lipinski definition) is 1. The van der Waals surface area contributed by atoms with Crippen molar-refractivity contribution in [1.29, 1.82) is 0 Å². The Morgan fingerprint density at radius 2 is 2.06 bits per heavy atom. The third-order valence-corrected chi connectivity index (χ3v) is 3.64. The average molecular weight is 233 g/mol. The van der Waals surface area contributed by atoms with Crippen LogP contribution in [0.2, 0.25) is 0 Å². The smallest absolute Gasteiger partial charge is 0.0416 e. The van der Waals surface area contributed by atoms with Gasteiger partial charge in [0.05, 0.1) is 0 Å². The Kier molecular flexibility index (Phi) is 4.95. The highest BCUT2D eigenvalue weighted by Gasteiger charge is 2.21. The molecule has 1 fully saturated rings. The molecule has 0 atom stereocenters. The third-order valence-electron chi connectivity index (χ3n) is 3.64. The van der Waals surface area contributed by atoms with Crippen molar-refractivity contribution in [2.45, 2.75) is 38.1 Å². The van der Waals surface area contributed by atoms with E-state index >= 15 is 0 Å². The molecule has 3 heteroatoms. The van der Waals surface area contributed by atoms with E-state index in [2.05, 4.69) is 22.0 Å². The standard InChI is InChI=1S/C14H23N3/c15-9-12-17(14-6-1-2-7-14)11-8-13-5-3-4-10-16-13/h3-5,10,14H,1-2,6-9,11-12,15H2. The van der Waals surface area contributed by atoms with Crippen LogP contribution in [-0.2, 0) is 6.42 Å². The van der Waals surface area contributed by atoms with Crippen molar-refractivity contribution < 1.29 is 0 Å². The molecule has 0 spiro atoms. The lowest BCUT2D eigenvalue weighted by molar-refractivity contribution is 0.206. The number of aromatic nitrogens is 1. The van der Waals surface area contributed by atoms with Crippen LogP contribution in [0.5, 0.6) is 0 Å². The van der Waals surface area contributed by atoms with E-state index in [1.807, 2.05) is 12.3 Å². The molecule has 1 aliphatic rings. The molecule has 1 heterocycles. The zero-order valence-electron chi connectivity index (χ0n) is 10.5. The largest absolute Gasteiger partial charge is 0.329 e. The van der Waals surface area contributed by atoms with Crippen molar-refractivity contribution in [1.82, 2.24) is 9.88 Å². The monoisotopic (exact) mass is 233 g/mol. The average Bonchev–Trinajstić information content (AvgIpc) is 2.89. The fourth-order valence-corrected chi connectivity index (χ4v) is 2.72. The lowest BCUT2D eigenvalue weighted by atomic mass is 10.2. The first-order valence-electron chi connectivity index (χ1n) is 6.74. The van der Waals surface area contributed by atoms with Gasteiger partial charge in [0.15, 0.2) is 0 Å². The van der Waals surface area contributed by atoms with Gasteiger partial charge in [-0.05, 0) is 25.0 Å². The third kappa shape index (κ3) is 3.79. The first-order valence-corrected chi connectivity index (χ1v) is 6.74. The quantitative estimate of drug-likeness (QED) is 0.815. The topological polar surface area (TPSA) is 42.1 Å². The number of nitrogens with two attached hydrogens (primary N) is 1. The second kappa shape index (κ2) is 6.72. The van der Waals surface area contributed by atoms with Gasteiger partial charge in [0, 0.05) is 44.0 Å². The lowest BCUT2D eigenvalue weighted by Gasteiger charge is -2.28. The van der Waals surface area contributed by atoms with Crippen molar-refractivity contribution in [3.63, 3.8) is 0 Å². The predicted octanol–water partition coefficient (Wildman–Crippen LogP) is 1.83. The molecular weight excluding hydrogens is 210 g/mol. The van der Waals surface area contributed by atoms with Crippen LogP contribution in [-0.4, -0.2) is 35.6 Å². The molecule has 2 N–H and O–H groups in total. The van der Waals surface area contributed by atoms with Crippen LogP contribution in [0, 0.1) is 0 Å². The Morgan fingerprint density at radius 1 is 1.24 bits per heavy atom. The van der Waals surface area contributed by atoms with Crippen molar-refractivity contribution in [2.75, 3.05) is 19.6 Å². The molecule has 0 unspecified atom stereocenters. The van der Waals surface area contributed by atoms with E-state index in [0.717, 1.165) is 32.1 Å². The van der Waals surface area contributed by atoms with Gasteiger partial charge in [-0.25, -0.2) is 0 Å². The first-order chi connectivity index (χ1) is 8.40. The SMILES string of the molecule is NCCN(CCc1ccccn1)C1CCCC1. The summed E-state index contributed by atoms with van der Waals surface area (Å²) < 4.78 is 0. The molecule has 0 radical (unpaired) electrons. The Morgan fingerprint density at radius 3 is 2.71 bits per heavy atom. The Balaban J connectivity index is 1.84. The Hall–Kier alpha value is -0.930. The van der Waals surface area contributed by atoms with Gasteiger partial charge in [-0.1, -0.05) is 18.9 Å². The van der Waals surface area contributed by atoms with Crippen LogP contribution in [0.15, 0.2) is 24.4 Å². The van der Waals surface area contributed by atoms with E-state index in [4.69, 9.17) is 5.73 Å². The maximum absolute atomic E-state index is 5.71. The summed E-state index contributed by atoms with van der Waals surface area (Å²) in [5, 5.41) is 0. The van der Waals surface area contributed by atoms with Crippen LogP contribution < -0.4 is 5.73 Å². The summed E-state index contributed by atoms with van der Waals surface area (Å²) >= 11 is 0. The highest BCUT2D eigenvalue weighted by atomic mass is 15.2. The maximum atomic E-state index is 5.71. The molecule has 1 saturated carbocycles. The minimum atomic E-state index is 0.763. The van der Waals surface area contributed by atoms with Gasteiger partial charge in [0.1, 0.15) is 0 Å². The zero-order valence-corrected chi connectivity index (χ0v) is 10.5. The molecule has 1 aromatic rings. The minimum absolute atomic E-state index is 0.763. The van der Waals surface area contributed by atoms with E-state index in [9.17, 15) is 0 Å². The minimum Gasteiger partial charge on any atom is -0.329 e. The summed E-state index contributed by atoms with van der Waals surface area (Å²) in [6.07, 6.45) is 8.38. The fourth-order valence-electron chi connectivity index (χ4n) is 2.72. The van der Waals surface area contributed by atoms with Crippen molar-refractivity contribution >= 4 is 0 Å². The molecule has 0 amide bonds. The van der Waals surface area contributed by atoms with E-state index in [0.29, 0.717) is 0 Å². The number of rotatable bonds is 6. The zero-order chi connectivity index (χ0) is 11.9. The summed E-state index contributed by atoms with van der Waals surface area (Å²) in [6, 6.07) is 6.90. The number of hydrogen-bond acceptors (Lipinski definition) is 3. The molecule has 0 saturated heterocycles. The second-order valence-electron chi connectivity index (χ2n) is 4.83. The molecule has 17 heavy (non-hydrogen) atoms. The second-order valence-corrected chi connectivity index (χ2v) is 4.83. The summed E-state index contributed by atoms with van der Waals surface area (Å²) in [4.78, 5) is 6.94. The number of pyridine rings is 1. The highest BCUT2D eigenvalue weighted by Crippen LogP contribution is 2.23. The molecular formula is C14H23N3. The molecule has 94 valence electrons. The van der Waals surface area contributed by atoms with Gasteiger partial charge < -0.3 is 5.73 Å². The first kappa shape index (κ1) is 12.5. The van der Waals surface area contributed by atoms with Crippen LogP contribution in [0.3, 0.4) is 0 Å². The molecule has 1 aliphatic carbocycles. The van der Waals surface area contributed by atoms with E-state index < -0.39 is 0 Å². The summed E-state index contributed by atoms with van der Waals surface area (Å²) in [5.41, 5.74) is 6.90. The lowest BCUT2D eigenvalue weighted by Crippen LogP contribution is -2.38. The molecule has 0 bridgehead atoms. The van der Waals surface area contributed by atoms with Gasteiger partial charge in [-0.3, -0.25) is 9.88 Å².